The predicted molar refractivity (Wildman–Crippen MR) is 53.4 cm³/mol. The number of aromatic nitrogens is 2. The molecule has 74 valence electrons. The molecule has 3 heteroatoms. The van der Waals surface area contributed by atoms with Gasteiger partial charge in [-0.3, -0.25) is 4.79 Å². The Balaban J connectivity index is 2.07. The van der Waals surface area contributed by atoms with Crippen molar-refractivity contribution in [1.29, 1.82) is 0 Å². The molecule has 1 heterocycles. The van der Waals surface area contributed by atoms with E-state index in [9.17, 15) is 4.79 Å². The summed E-state index contributed by atoms with van der Waals surface area (Å²) in [6.45, 7) is 0. The molecule has 3 nitrogen and oxygen atoms in total. The van der Waals surface area contributed by atoms with E-state index in [1.807, 2.05) is 0 Å². The molecule has 1 aromatic heterocycles. The van der Waals surface area contributed by atoms with Crippen LogP contribution in [0.1, 0.15) is 43.0 Å². The SMILES string of the molecule is O=c1cc2c(nn1C1CCC1)CCC2. The fraction of sp³-hybridized carbons (Fsp3) is 0.636. The molecule has 0 unspecified atom stereocenters. The van der Waals surface area contributed by atoms with Gasteiger partial charge in [-0.25, -0.2) is 4.68 Å². The van der Waals surface area contributed by atoms with Gasteiger partial charge in [0.1, 0.15) is 0 Å². The van der Waals surface area contributed by atoms with Crippen molar-refractivity contribution in [3.05, 3.63) is 27.7 Å². The minimum Gasteiger partial charge on any atom is -0.268 e. The third-order valence-corrected chi connectivity index (χ3v) is 3.40. The Labute approximate surface area is 82.8 Å². The Bertz CT molecular complexity index is 418. The van der Waals surface area contributed by atoms with Crippen LogP contribution in [0.5, 0.6) is 0 Å². The average molecular weight is 190 g/mol. The molecule has 0 radical (unpaired) electrons. The van der Waals surface area contributed by atoms with Crippen molar-refractivity contribution in [1.82, 2.24) is 9.78 Å². The normalized spacial score (nSPS) is 20.6. The van der Waals surface area contributed by atoms with Gasteiger partial charge in [0, 0.05) is 6.07 Å². The molecule has 0 spiro atoms. The van der Waals surface area contributed by atoms with Gasteiger partial charge in [0.2, 0.25) is 0 Å². The molecular formula is C11H14N2O. The van der Waals surface area contributed by atoms with E-state index in [2.05, 4.69) is 5.10 Å². The molecule has 0 aliphatic heterocycles. The summed E-state index contributed by atoms with van der Waals surface area (Å²) in [5.74, 6) is 0. The predicted octanol–water partition coefficient (Wildman–Crippen LogP) is 1.46. The maximum atomic E-state index is 11.7. The van der Waals surface area contributed by atoms with Gasteiger partial charge in [0.05, 0.1) is 11.7 Å². The molecule has 0 amide bonds. The van der Waals surface area contributed by atoms with Gasteiger partial charge < -0.3 is 0 Å². The topological polar surface area (TPSA) is 34.9 Å². The van der Waals surface area contributed by atoms with Crippen LogP contribution < -0.4 is 5.56 Å². The van der Waals surface area contributed by atoms with Crippen LogP contribution in [0, 0.1) is 0 Å². The van der Waals surface area contributed by atoms with Gasteiger partial charge in [-0.1, -0.05) is 0 Å². The monoisotopic (exact) mass is 190 g/mol. The largest absolute Gasteiger partial charge is 0.268 e. The number of hydrogen-bond donors (Lipinski definition) is 0. The zero-order chi connectivity index (χ0) is 9.54. The molecule has 1 fully saturated rings. The third kappa shape index (κ3) is 1.11. The van der Waals surface area contributed by atoms with Gasteiger partial charge in [0.25, 0.3) is 5.56 Å². The molecule has 1 saturated carbocycles. The molecule has 14 heavy (non-hydrogen) atoms. The minimum absolute atomic E-state index is 0.107. The Morgan fingerprint density at radius 3 is 2.86 bits per heavy atom. The Morgan fingerprint density at radius 1 is 1.29 bits per heavy atom. The van der Waals surface area contributed by atoms with Crippen molar-refractivity contribution in [2.45, 2.75) is 44.6 Å². The second-order valence-electron chi connectivity index (χ2n) is 4.34. The molecule has 0 N–H and O–H groups in total. The minimum atomic E-state index is 0.107. The maximum Gasteiger partial charge on any atom is 0.267 e. The third-order valence-electron chi connectivity index (χ3n) is 3.40. The molecular weight excluding hydrogens is 176 g/mol. The number of nitrogens with zero attached hydrogens (tertiary/aromatic N) is 2. The highest BCUT2D eigenvalue weighted by atomic mass is 16.1. The van der Waals surface area contributed by atoms with E-state index in [1.165, 1.54) is 12.0 Å². The van der Waals surface area contributed by atoms with Crippen molar-refractivity contribution in [2.24, 2.45) is 0 Å². The average Bonchev–Trinajstić information content (AvgIpc) is 2.48. The first-order chi connectivity index (χ1) is 6.84. The number of hydrogen-bond acceptors (Lipinski definition) is 2. The van der Waals surface area contributed by atoms with Crippen LogP contribution >= 0.6 is 0 Å². The summed E-state index contributed by atoms with van der Waals surface area (Å²) in [5, 5.41) is 4.48. The van der Waals surface area contributed by atoms with E-state index in [0.29, 0.717) is 6.04 Å². The number of rotatable bonds is 1. The van der Waals surface area contributed by atoms with Crippen LogP contribution in [0.4, 0.5) is 0 Å². The quantitative estimate of drug-likeness (QED) is 0.672. The van der Waals surface area contributed by atoms with Gasteiger partial charge >= 0.3 is 0 Å². The van der Waals surface area contributed by atoms with E-state index in [1.54, 1.807) is 10.7 Å². The fourth-order valence-electron chi connectivity index (χ4n) is 2.31. The highest BCUT2D eigenvalue weighted by Gasteiger charge is 2.23. The second-order valence-corrected chi connectivity index (χ2v) is 4.34. The van der Waals surface area contributed by atoms with Crippen LogP contribution in [0.25, 0.3) is 0 Å². The molecule has 2 aliphatic carbocycles. The molecule has 0 aromatic carbocycles. The lowest BCUT2D eigenvalue weighted by Gasteiger charge is -2.26. The standard InChI is InChI=1S/C11H14N2O/c14-11-7-8-3-1-6-10(8)12-13(11)9-4-2-5-9/h7,9H,1-6H2. The first kappa shape index (κ1) is 8.21. The fourth-order valence-corrected chi connectivity index (χ4v) is 2.31. The zero-order valence-electron chi connectivity index (χ0n) is 8.20. The van der Waals surface area contributed by atoms with Crippen LogP contribution in [0.15, 0.2) is 10.9 Å². The molecule has 0 atom stereocenters. The Kier molecular flexibility index (Phi) is 1.72. The summed E-state index contributed by atoms with van der Waals surface area (Å²) in [5.41, 5.74) is 2.46. The molecule has 0 saturated heterocycles. The second kappa shape index (κ2) is 2.94. The van der Waals surface area contributed by atoms with E-state index in [-0.39, 0.29) is 5.56 Å². The smallest absolute Gasteiger partial charge is 0.267 e. The van der Waals surface area contributed by atoms with Gasteiger partial charge in [-0.15, -0.1) is 0 Å². The van der Waals surface area contributed by atoms with Crippen LogP contribution in [0.2, 0.25) is 0 Å². The van der Waals surface area contributed by atoms with Crippen LogP contribution in [0.3, 0.4) is 0 Å². The van der Waals surface area contributed by atoms with Crippen LogP contribution in [-0.2, 0) is 12.8 Å². The lowest BCUT2D eigenvalue weighted by Crippen LogP contribution is -2.31. The van der Waals surface area contributed by atoms with E-state index in [4.69, 9.17) is 0 Å². The van der Waals surface area contributed by atoms with Crippen LogP contribution in [-0.4, -0.2) is 9.78 Å². The zero-order valence-corrected chi connectivity index (χ0v) is 8.20. The Morgan fingerprint density at radius 2 is 2.14 bits per heavy atom. The highest BCUT2D eigenvalue weighted by molar-refractivity contribution is 5.22. The summed E-state index contributed by atoms with van der Waals surface area (Å²) < 4.78 is 1.72. The van der Waals surface area contributed by atoms with Crippen molar-refractivity contribution in [2.75, 3.05) is 0 Å². The number of fused-ring (bicyclic) bond motifs is 1. The van der Waals surface area contributed by atoms with Crippen molar-refractivity contribution in [3.63, 3.8) is 0 Å². The van der Waals surface area contributed by atoms with E-state index in [0.717, 1.165) is 37.8 Å². The summed E-state index contributed by atoms with van der Waals surface area (Å²) >= 11 is 0. The van der Waals surface area contributed by atoms with E-state index < -0.39 is 0 Å². The molecule has 0 bridgehead atoms. The van der Waals surface area contributed by atoms with Gasteiger partial charge in [-0.05, 0) is 44.1 Å². The first-order valence-corrected chi connectivity index (χ1v) is 5.46. The van der Waals surface area contributed by atoms with Crippen molar-refractivity contribution >= 4 is 0 Å². The van der Waals surface area contributed by atoms with E-state index >= 15 is 0 Å². The lowest BCUT2D eigenvalue weighted by molar-refractivity contribution is 0.276. The van der Waals surface area contributed by atoms with Crippen molar-refractivity contribution in [3.8, 4) is 0 Å². The molecule has 3 rings (SSSR count). The van der Waals surface area contributed by atoms with Gasteiger partial charge in [-0.2, -0.15) is 5.10 Å². The maximum absolute atomic E-state index is 11.7. The molecule has 2 aliphatic rings. The van der Waals surface area contributed by atoms with Crippen molar-refractivity contribution < 1.29 is 0 Å². The van der Waals surface area contributed by atoms with Gasteiger partial charge in [0.15, 0.2) is 0 Å². The number of aryl methyl sites for hydroxylation is 2. The lowest BCUT2D eigenvalue weighted by atomic mass is 9.93. The highest BCUT2D eigenvalue weighted by Crippen LogP contribution is 2.30. The summed E-state index contributed by atoms with van der Waals surface area (Å²) in [6.07, 6.45) is 6.77. The molecule has 1 aromatic rings. The summed E-state index contributed by atoms with van der Waals surface area (Å²) in [4.78, 5) is 11.7. The first-order valence-electron chi connectivity index (χ1n) is 5.46. The summed E-state index contributed by atoms with van der Waals surface area (Å²) in [6, 6.07) is 2.20. The summed E-state index contributed by atoms with van der Waals surface area (Å²) in [7, 11) is 0. The Hall–Kier alpha value is -1.12.